The Labute approximate surface area is 157 Å². The van der Waals surface area contributed by atoms with E-state index in [1.54, 1.807) is 6.07 Å². The second-order valence-corrected chi connectivity index (χ2v) is 7.50. The van der Waals surface area contributed by atoms with Gasteiger partial charge in [0.05, 0.1) is 5.75 Å². The zero-order valence-electron chi connectivity index (χ0n) is 14.8. The highest BCUT2D eigenvalue weighted by Crippen LogP contribution is 2.21. The van der Waals surface area contributed by atoms with Crippen molar-refractivity contribution in [2.75, 3.05) is 5.75 Å². The topological polar surface area (TPSA) is 79.9 Å². The summed E-state index contributed by atoms with van der Waals surface area (Å²) in [5, 5.41) is 11.1. The standard InChI is InChI=1S/C17H23ClN4O2S/c1-10(2)12(4)19-16(23)9-25-17-20-15(21-22-17)8-24-13-5-6-14(18)11(3)7-13/h5-7,10,12H,8-9H2,1-4H3,(H,19,23)(H,20,21,22)/t12-/m0/s1. The van der Waals surface area contributed by atoms with E-state index < -0.39 is 0 Å². The predicted molar refractivity (Wildman–Crippen MR) is 100 cm³/mol. The van der Waals surface area contributed by atoms with E-state index in [0.717, 1.165) is 11.3 Å². The third kappa shape index (κ3) is 6.25. The Bertz CT molecular complexity index is 720. The summed E-state index contributed by atoms with van der Waals surface area (Å²) in [5.74, 6) is 1.98. The van der Waals surface area contributed by atoms with E-state index >= 15 is 0 Å². The van der Waals surface area contributed by atoms with Gasteiger partial charge in [-0.05, 0) is 43.5 Å². The Morgan fingerprint density at radius 1 is 1.40 bits per heavy atom. The Hall–Kier alpha value is -1.73. The molecule has 0 fully saturated rings. The molecule has 2 N–H and O–H groups in total. The first-order valence-corrected chi connectivity index (χ1v) is 9.44. The molecule has 0 unspecified atom stereocenters. The molecule has 2 rings (SSSR count). The van der Waals surface area contributed by atoms with Gasteiger partial charge in [0.15, 0.2) is 5.82 Å². The van der Waals surface area contributed by atoms with E-state index in [4.69, 9.17) is 16.3 Å². The van der Waals surface area contributed by atoms with E-state index in [0.29, 0.717) is 21.9 Å². The first-order chi connectivity index (χ1) is 11.8. The molecule has 0 saturated heterocycles. The van der Waals surface area contributed by atoms with Crippen LogP contribution in [0.5, 0.6) is 5.75 Å². The Morgan fingerprint density at radius 2 is 2.16 bits per heavy atom. The largest absolute Gasteiger partial charge is 0.486 e. The van der Waals surface area contributed by atoms with Crippen molar-refractivity contribution in [1.29, 1.82) is 0 Å². The number of H-pyrrole nitrogens is 1. The average molecular weight is 383 g/mol. The van der Waals surface area contributed by atoms with Gasteiger partial charge in [0.1, 0.15) is 12.4 Å². The summed E-state index contributed by atoms with van der Waals surface area (Å²) in [6.45, 7) is 8.33. The number of benzene rings is 1. The molecule has 0 aliphatic heterocycles. The molecule has 8 heteroatoms. The summed E-state index contributed by atoms with van der Waals surface area (Å²) < 4.78 is 5.66. The van der Waals surface area contributed by atoms with E-state index in [1.807, 2.05) is 26.0 Å². The minimum absolute atomic E-state index is 0.0227. The molecule has 2 aromatic rings. The van der Waals surface area contributed by atoms with Crippen LogP contribution in [-0.2, 0) is 11.4 Å². The van der Waals surface area contributed by atoms with E-state index in [9.17, 15) is 4.79 Å². The number of nitrogens with one attached hydrogen (secondary N) is 2. The van der Waals surface area contributed by atoms with Gasteiger partial charge >= 0.3 is 0 Å². The number of carbonyl (C=O) groups excluding carboxylic acids is 1. The van der Waals surface area contributed by atoms with Crippen LogP contribution in [0.3, 0.4) is 0 Å². The van der Waals surface area contributed by atoms with Crippen LogP contribution < -0.4 is 10.1 Å². The van der Waals surface area contributed by atoms with Gasteiger partial charge in [-0.25, -0.2) is 4.98 Å². The molecule has 136 valence electrons. The summed E-state index contributed by atoms with van der Waals surface area (Å²) >= 11 is 7.28. The molecular formula is C17H23ClN4O2S. The minimum atomic E-state index is -0.0227. The van der Waals surface area contributed by atoms with Crippen LogP contribution >= 0.6 is 23.4 Å². The third-order valence-electron chi connectivity index (χ3n) is 3.74. The van der Waals surface area contributed by atoms with Crippen molar-refractivity contribution in [2.45, 2.75) is 45.5 Å². The molecule has 0 bridgehead atoms. The van der Waals surface area contributed by atoms with Crippen LogP contribution in [0.4, 0.5) is 0 Å². The second kappa shape index (κ2) is 9.10. The second-order valence-electron chi connectivity index (χ2n) is 6.15. The van der Waals surface area contributed by atoms with Gasteiger partial charge in [-0.15, -0.1) is 5.10 Å². The maximum Gasteiger partial charge on any atom is 0.230 e. The number of hydrogen-bond acceptors (Lipinski definition) is 5. The SMILES string of the molecule is Cc1cc(OCc2nc(SCC(=O)N[C@@H](C)C(C)C)n[nH]2)ccc1Cl. The van der Waals surface area contributed by atoms with Crippen LogP contribution in [0.1, 0.15) is 32.2 Å². The van der Waals surface area contributed by atoms with E-state index in [2.05, 4.69) is 34.3 Å². The van der Waals surface area contributed by atoms with Crippen molar-refractivity contribution in [3.63, 3.8) is 0 Å². The number of aromatic nitrogens is 3. The number of rotatable bonds is 8. The fraction of sp³-hybridized carbons (Fsp3) is 0.471. The molecule has 1 atom stereocenters. The third-order valence-corrected chi connectivity index (χ3v) is 5.01. The first kappa shape index (κ1) is 19.6. The van der Waals surface area contributed by atoms with Crippen molar-refractivity contribution < 1.29 is 9.53 Å². The van der Waals surface area contributed by atoms with Gasteiger partial charge in [0, 0.05) is 11.1 Å². The number of thioether (sulfide) groups is 1. The first-order valence-electron chi connectivity index (χ1n) is 8.07. The summed E-state index contributed by atoms with van der Waals surface area (Å²) in [6.07, 6.45) is 0. The monoisotopic (exact) mass is 382 g/mol. The number of nitrogens with zero attached hydrogens (tertiary/aromatic N) is 2. The van der Waals surface area contributed by atoms with Gasteiger partial charge in [0.2, 0.25) is 11.1 Å². The lowest BCUT2D eigenvalue weighted by atomic mass is 10.1. The van der Waals surface area contributed by atoms with Crippen LogP contribution in [0, 0.1) is 12.8 Å². The lowest BCUT2D eigenvalue weighted by Crippen LogP contribution is -2.37. The summed E-state index contributed by atoms with van der Waals surface area (Å²) in [4.78, 5) is 16.2. The highest BCUT2D eigenvalue weighted by molar-refractivity contribution is 7.99. The number of aromatic amines is 1. The molecule has 0 radical (unpaired) electrons. The molecule has 1 heterocycles. The Balaban J connectivity index is 1.79. The van der Waals surface area contributed by atoms with Crippen molar-refractivity contribution in [1.82, 2.24) is 20.5 Å². The molecule has 1 aromatic carbocycles. The van der Waals surface area contributed by atoms with Crippen LogP contribution in [0.25, 0.3) is 0 Å². The molecule has 25 heavy (non-hydrogen) atoms. The van der Waals surface area contributed by atoms with E-state index in [-0.39, 0.29) is 24.3 Å². The van der Waals surface area contributed by atoms with Crippen LogP contribution in [0.2, 0.25) is 5.02 Å². The van der Waals surface area contributed by atoms with Crippen LogP contribution in [0.15, 0.2) is 23.4 Å². The Kier molecular flexibility index (Phi) is 7.13. The molecule has 0 spiro atoms. The highest BCUT2D eigenvalue weighted by Gasteiger charge is 2.12. The molecule has 6 nitrogen and oxygen atoms in total. The van der Waals surface area contributed by atoms with Crippen molar-refractivity contribution in [2.24, 2.45) is 5.92 Å². The van der Waals surface area contributed by atoms with Gasteiger partial charge in [-0.3, -0.25) is 9.89 Å². The number of ether oxygens (including phenoxy) is 1. The van der Waals surface area contributed by atoms with Crippen molar-refractivity contribution in [3.8, 4) is 5.75 Å². The molecule has 0 saturated carbocycles. The number of amides is 1. The van der Waals surface area contributed by atoms with Crippen LogP contribution in [-0.4, -0.2) is 32.9 Å². The van der Waals surface area contributed by atoms with Gasteiger partial charge in [-0.2, -0.15) is 0 Å². The zero-order chi connectivity index (χ0) is 18.4. The predicted octanol–water partition coefficient (Wildman–Crippen LogP) is 3.60. The van der Waals surface area contributed by atoms with Gasteiger partial charge in [0.25, 0.3) is 0 Å². The fourth-order valence-corrected chi connectivity index (χ4v) is 2.60. The summed E-state index contributed by atoms with van der Waals surface area (Å²) in [5.41, 5.74) is 0.953. The summed E-state index contributed by atoms with van der Waals surface area (Å²) in [6, 6.07) is 5.62. The van der Waals surface area contributed by atoms with Gasteiger partial charge < -0.3 is 10.1 Å². The fourth-order valence-electron chi connectivity index (χ4n) is 1.86. The molecule has 1 amide bonds. The number of hydrogen-bond donors (Lipinski definition) is 2. The lowest BCUT2D eigenvalue weighted by Gasteiger charge is -2.16. The lowest BCUT2D eigenvalue weighted by molar-refractivity contribution is -0.119. The maximum atomic E-state index is 11.9. The molecule has 0 aliphatic rings. The number of aryl methyl sites for hydroxylation is 1. The zero-order valence-corrected chi connectivity index (χ0v) is 16.4. The smallest absolute Gasteiger partial charge is 0.230 e. The number of carbonyl (C=O) groups is 1. The number of halogens is 1. The summed E-state index contributed by atoms with van der Waals surface area (Å²) in [7, 11) is 0. The minimum Gasteiger partial charge on any atom is -0.486 e. The molecule has 1 aromatic heterocycles. The van der Waals surface area contributed by atoms with Gasteiger partial charge in [-0.1, -0.05) is 37.2 Å². The van der Waals surface area contributed by atoms with Crippen molar-refractivity contribution >= 4 is 29.3 Å². The average Bonchev–Trinajstić information content (AvgIpc) is 3.02. The maximum absolute atomic E-state index is 11.9. The molecular weight excluding hydrogens is 360 g/mol. The molecule has 0 aliphatic carbocycles. The Morgan fingerprint density at radius 3 is 2.84 bits per heavy atom. The highest BCUT2D eigenvalue weighted by atomic mass is 35.5. The normalized spacial score (nSPS) is 12.2. The van der Waals surface area contributed by atoms with Crippen molar-refractivity contribution in [3.05, 3.63) is 34.6 Å². The van der Waals surface area contributed by atoms with E-state index in [1.165, 1.54) is 11.8 Å². The quantitative estimate of drug-likeness (QED) is 0.682.